The Kier molecular flexibility index (Phi) is 7.54. The second-order valence-electron chi connectivity index (χ2n) is 8.73. The maximum atomic E-state index is 13.3. The summed E-state index contributed by atoms with van der Waals surface area (Å²) in [7, 11) is 1.63. The number of aryl methyl sites for hydroxylation is 1. The predicted octanol–water partition coefficient (Wildman–Crippen LogP) is 4.44. The summed E-state index contributed by atoms with van der Waals surface area (Å²) in [6, 6.07) is 20.7. The molecule has 0 aliphatic rings. The van der Waals surface area contributed by atoms with Crippen molar-refractivity contribution in [2.24, 2.45) is 0 Å². The molecule has 0 spiro atoms. The van der Waals surface area contributed by atoms with Crippen LogP contribution in [0.1, 0.15) is 34.2 Å². The van der Waals surface area contributed by atoms with Crippen molar-refractivity contribution in [1.29, 1.82) is 0 Å². The minimum atomic E-state index is -1.52. The molecular formula is C28H27IN6O3. The number of hydrogen-bond donors (Lipinski definition) is 2. The maximum Gasteiger partial charge on any atom is 0.258 e. The monoisotopic (exact) mass is 622 g/mol. The van der Waals surface area contributed by atoms with Gasteiger partial charge in [0, 0.05) is 19.9 Å². The highest BCUT2D eigenvalue weighted by Gasteiger charge is 2.39. The first-order valence-corrected chi connectivity index (χ1v) is 13.3. The van der Waals surface area contributed by atoms with Crippen LogP contribution in [-0.2, 0) is 23.4 Å². The number of pyridine rings is 1. The molecule has 0 aliphatic carbocycles. The van der Waals surface area contributed by atoms with Gasteiger partial charge in [0.05, 0.1) is 36.1 Å². The summed E-state index contributed by atoms with van der Waals surface area (Å²) in [6.45, 7) is 3.60. The van der Waals surface area contributed by atoms with E-state index in [9.17, 15) is 9.90 Å². The first-order chi connectivity index (χ1) is 18.5. The van der Waals surface area contributed by atoms with Crippen molar-refractivity contribution < 1.29 is 14.6 Å². The van der Waals surface area contributed by atoms with E-state index in [1.807, 2.05) is 94.7 Å². The zero-order valence-electron chi connectivity index (χ0n) is 21.0. The fraction of sp³-hybridized carbons (Fsp3) is 0.214. The number of anilines is 1. The average molecular weight is 622 g/mol. The normalized spacial score (nSPS) is 11.7. The summed E-state index contributed by atoms with van der Waals surface area (Å²) in [5.41, 5.74) is 1.96. The van der Waals surface area contributed by atoms with Gasteiger partial charge in [0.25, 0.3) is 5.91 Å². The molecule has 0 atom stereocenters. The number of hydrogen-bond acceptors (Lipinski definition) is 6. The molecule has 0 fully saturated rings. The average Bonchev–Trinajstić information content (AvgIpc) is 3.55. The molecule has 0 saturated carbocycles. The molecule has 0 unspecified atom stereocenters. The SMILES string of the molecule is CCn1c(C(O)(c2ccccc2)c2ccccc2)nc2nc(I)c(C(=O)Nc3cnn(CCOC)c3)cc21. The standard InChI is InChI=1S/C28H27IN6O3/c1-3-35-23-16-22(26(36)31-21-17-30-34(18-21)14-15-38-2)24(29)32-25(23)33-27(35)28(37,19-10-6-4-7-11-19)20-12-8-5-9-13-20/h4-13,16-18,37H,3,14-15H2,1-2H3,(H,31,36). The number of aromatic nitrogens is 5. The number of amides is 1. The maximum absolute atomic E-state index is 13.3. The Bertz CT molecular complexity index is 1530. The number of halogens is 1. The minimum Gasteiger partial charge on any atom is -0.383 e. The van der Waals surface area contributed by atoms with Crippen molar-refractivity contribution in [1.82, 2.24) is 24.3 Å². The molecule has 38 heavy (non-hydrogen) atoms. The van der Waals surface area contributed by atoms with Gasteiger partial charge < -0.3 is 19.7 Å². The second-order valence-corrected chi connectivity index (χ2v) is 9.75. The number of imidazole rings is 1. The third-order valence-corrected chi connectivity index (χ3v) is 7.20. The van der Waals surface area contributed by atoms with Gasteiger partial charge in [0.1, 0.15) is 3.70 Å². The molecule has 2 aromatic carbocycles. The number of methoxy groups -OCH3 is 1. The Morgan fingerprint density at radius 3 is 2.34 bits per heavy atom. The van der Waals surface area contributed by atoms with Crippen LogP contribution in [0, 0.1) is 3.70 Å². The van der Waals surface area contributed by atoms with E-state index in [0.717, 1.165) is 0 Å². The molecule has 3 aromatic heterocycles. The molecular weight excluding hydrogens is 595 g/mol. The Balaban J connectivity index is 1.58. The van der Waals surface area contributed by atoms with Gasteiger partial charge in [-0.3, -0.25) is 9.48 Å². The number of nitrogens with zero attached hydrogens (tertiary/aromatic N) is 5. The van der Waals surface area contributed by atoms with Gasteiger partial charge in [-0.05, 0) is 46.7 Å². The number of rotatable bonds is 9. The van der Waals surface area contributed by atoms with Crippen molar-refractivity contribution in [3.05, 3.63) is 105 Å². The first kappa shape index (κ1) is 26.0. The molecule has 0 aliphatic heterocycles. The van der Waals surface area contributed by atoms with E-state index in [4.69, 9.17) is 9.72 Å². The Morgan fingerprint density at radius 1 is 1.08 bits per heavy atom. The lowest BCUT2D eigenvalue weighted by atomic mass is 9.85. The topological polar surface area (TPSA) is 107 Å². The van der Waals surface area contributed by atoms with Gasteiger partial charge in [-0.15, -0.1) is 0 Å². The van der Waals surface area contributed by atoms with Crippen molar-refractivity contribution in [3.63, 3.8) is 0 Å². The van der Waals surface area contributed by atoms with E-state index in [0.29, 0.717) is 62.8 Å². The summed E-state index contributed by atoms with van der Waals surface area (Å²) in [6.07, 6.45) is 3.35. The number of benzene rings is 2. The van der Waals surface area contributed by atoms with Gasteiger partial charge in [-0.1, -0.05) is 60.7 Å². The van der Waals surface area contributed by atoms with Gasteiger partial charge >= 0.3 is 0 Å². The zero-order chi connectivity index (χ0) is 26.7. The summed E-state index contributed by atoms with van der Waals surface area (Å²) in [4.78, 5) is 22.7. The molecule has 1 amide bonds. The molecule has 0 saturated heterocycles. The van der Waals surface area contributed by atoms with Crippen LogP contribution < -0.4 is 5.32 Å². The zero-order valence-corrected chi connectivity index (χ0v) is 23.2. The second kappa shape index (κ2) is 11.0. The van der Waals surface area contributed by atoms with Crippen molar-refractivity contribution in [2.45, 2.75) is 25.6 Å². The van der Waals surface area contributed by atoms with Crippen LogP contribution in [0.4, 0.5) is 5.69 Å². The van der Waals surface area contributed by atoms with Crippen molar-refractivity contribution in [2.75, 3.05) is 19.0 Å². The largest absolute Gasteiger partial charge is 0.383 e. The Hall–Kier alpha value is -3.61. The molecule has 9 nitrogen and oxygen atoms in total. The van der Waals surface area contributed by atoms with Gasteiger partial charge in [-0.2, -0.15) is 5.10 Å². The van der Waals surface area contributed by atoms with E-state index in [1.165, 1.54) is 0 Å². The summed E-state index contributed by atoms with van der Waals surface area (Å²) >= 11 is 2.05. The van der Waals surface area contributed by atoms with Crippen molar-refractivity contribution in [3.8, 4) is 0 Å². The highest BCUT2D eigenvalue weighted by atomic mass is 127. The molecule has 10 heteroatoms. The van der Waals surface area contributed by atoms with E-state index in [1.54, 1.807) is 30.3 Å². The van der Waals surface area contributed by atoms with Gasteiger partial charge in [-0.25, -0.2) is 9.97 Å². The number of carbonyl (C=O) groups is 1. The summed E-state index contributed by atoms with van der Waals surface area (Å²) in [5.74, 6) is 0.134. The molecule has 0 bridgehead atoms. The summed E-state index contributed by atoms with van der Waals surface area (Å²) in [5, 5.41) is 19.5. The third kappa shape index (κ3) is 4.82. The molecule has 194 valence electrons. The van der Waals surface area contributed by atoms with Crippen LogP contribution in [-0.4, -0.2) is 49.0 Å². The van der Waals surface area contributed by atoms with Gasteiger partial charge in [0.15, 0.2) is 17.1 Å². The van der Waals surface area contributed by atoms with Crippen LogP contribution in [0.25, 0.3) is 11.2 Å². The van der Waals surface area contributed by atoms with E-state index in [2.05, 4.69) is 15.4 Å². The van der Waals surface area contributed by atoms with Crippen LogP contribution >= 0.6 is 22.6 Å². The minimum absolute atomic E-state index is 0.304. The number of ether oxygens (including phenoxy) is 1. The smallest absolute Gasteiger partial charge is 0.258 e. The third-order valence-electron chi connectivity index (χ3n) is 6.38. The van der Waals surface area contributed by atoms with Crippen molar-refractivity contribution >= 4 is 45.3 Å². The quantitative estimate of drug-likeness (QED) is 0.186. The fourth-order valence-corrected chi connectivity index (χ4v) is 5.13. The number of fused-ring (bicyclic) bond motifs is 1. The lowest BCUT2D eigenvalue weighted by Gasteiger charge is -2.29. The molecule has 5 rings (SSSR count). The number of aliphatic hydroxyl groups is 1. The first-order valence-electron chi connectivity index (χ1n) is 12.2. The highest BCUT2D eigenvalue weighted by Crippen LogP contribution is 2.37. The molecule has 3 heterocycles. The molecule has 2 N–H and O–H groups in total. The van der Waals surface area contributed by atoms with Crippen LogP contribution in [0.15, 0.2) is 79.1 Å². The Morgan fingerprint density at radius 2 is 1.74 bits per heavy atom. The Labute approximate surface area is 233 Å². The lowest BCUT2D eigenvalue weighted by Crippen LogP contribution is -2.32. The van der Waals surface area contributed by atoms with E-state index < -0.39 is 5.60 Å². The predicted molar refractivity (Wildman–Crippen MR) is 153 cm³/mol. The van der Waals surface area contributed by atoms with Crippen LogP contribution in [0.2, 0.25) is 0 Å². The van der Waals surface area contributed by atoms with Crippen LogP contribution in [0.3, 0.4) is 0 Å². The fourth-order valence-electron chi connectivity index (χ4n) is 4.50. The molecule has 5 aromatic rings. The van der Waals surface area contributed by atoms with E-state index in [-0.39, 0.29) is 5.91 Å². The highest BCUT2D eigenvalue weighted by molar-refractivity contribution is 14.1. The van der Waals surface area contributed by atoms with E-state index >= 15 is 0 Å². The van der Waals surface area contributed by atoms with Crippen LogP contribution in [0.5, 0.6) is 0 Å². The lowest BCUT2D eigenvalue weighted by molar-refractivity contribution is 0.102. The molecule has 0 radical (unpaired) electrons. The number of carbonyl (C=O) groups excluding carboxylic acids is 1. The van der Waals surface area contributed by atoms with Gasteiger partial charge in [0.2, 0.25) is 0 Å². The number of nitrogens with one attached hydrogen (secondary N) is 1. The summed E-state index contributed by atoms with van der Waals surface area (Å²) < 4.78 is 9.21.